The number of nitrogens with zero attached hydrogens (tertiary/aromatic N) is 3. The maximum absolute atomic E-state index is 13.3. The van der Waals surface area contributed by atoms with Crippen molar-refractivity contribution in [1.82, 2.24) is 14.9 Å². The Labute approximate surface area is 194 Å². The molecular formula is C22H16Cl2N4O2S. The van der Waals surface area contributed by atoms with Gasteiger partial charge in [-0.1, -0.05) is 29.3 Å². The molecule has 0 unspecified atom stereocenters. The highest BCUT2D eigenvalue weighted by molar-refractivity contribution is 7.80. The van der Waals surface area contributed by atoms with Crippen LogP contribution in [0.25, 0.3) is 11.8 Å². The summed E-state index contributed by atoms with van der Waals surface area (Å²) in [5.74, 6) is -1.15. The molecule has 1 aromatic carbocycles. The minimum absolute atomic E-state index is 0.0559. The summed E-state index contributed by atoms with van der Waals surface area (Å²) in [4.78, 5) is 31.1. The molecule has 0 spiro atoms. The summed E-state index contributed by atoms with van der Waals surface area (Å²) >= 11 is 17.6. The SMILES string of the molecule is Cc1cc(/C=C2\C(=O)NC(=S)N(c3cccc(Cl)c3Cl)C2=O)c(C)n1-c1ccncc1. The van der Waals surface area contributed by atoms with Crippen molar-refractivity contribution in [2.75, 3.05) is 4.90 Å². The van der Waals surface area contributed by atoms with Crippen molar-refractivity contribution in [3.05, 3.63) is 81.4 Å². The first-order chi connectivity index (χ1) is 14.8. The maximum Gasteiger partial charge on any atom is 0.270 e. The van der Waals surface area contributed by atoms with Crippen LogP contribution in [0.1, 0.15) is 17.0 Å². The van der Waals surface area contributed by atoms with E-state index in [1.54, 1.807) is 36.7 Å². The molecular weight excluding hydrogens is 455 g/mol. The number of thiocarbonyl (C=S) groups is 1. The van der Waals surface area contributed by atoms with Gasteiger partial charge in [-0.3, -0.25) is 24.8 Å². The second kappa shape index (κ2) is 8.26. The molecule has 1 saturated heterocycles. The topological polar surface area (TPSA) is 67.2 Å². The number of carbonyl (C=O) groups excluding carboxylic acids is 2. The van der Waals surface area contributed by atoms with Crippen LogP contribution in [0, 0.1) is 13.8 Å². The first-order valence-electron chi connectivity index (χ1n) is 9.24. The molecule has 1 aliphatic rings. The van der Waals surface area contributed by atoms with E-state index < -0.39 is 11.8 Å². The average Bonchev–Trinajstić information content (AvgIpc) is 3.02. The van der Waals surface area contributed by atoms with Crippen LogP contribution in [0.15, 0.2) is 54.4 Å². The number of nitrogens with one attached hydrogen (secondary N) is 1. The van der Waals surface area contributed by atoms with Gasteiger partial charge in [-0.05, 0) is 68.0 Å². The number of carbonyl (C=O) groups is 2. The van der Waals surface area contributed by atoms with Gasteiger partial charge in [0.1, 0.15) is 5.57 Å². The lowest BCUT2D eigenvalue weighted by molar-refractivity contribution is -0.122. The number of anilines is 1. The second-order valence-electron chi connectivity index (χ2n) is 6.90. The third-order valence-corrected chi connectivity index (χ3v) is 6.06. The summed E-state index contributed by atoms with van der Waals surface area (Å²) in [5, 5.41) is 2.95. The Kier molecular flexibility index (Phi) is 5.66. The molecule has 2 amide bonds. The summed E-state index contributed by atoms with van der Waals surface area (Å²) in [6.07, 6.45) is 4.97. The van der Waals surface area contributed by atoms with Crippen molar-refractivity contribution in [2.24, 2.45) is 0 Å². The van der Waals surface area contributed by atoms with Gasteiger partial charge in [0.05, 0.1) is 15.7 Å². The molecule has 0 aliphatic carbocycles. The Hall–Kier alpha value is -3.00. The third-order valence-electron chi connectivity index (χ3n) is 4.96. The molecule has 1 N–H and O–H groups in total. The fourth-order valence-electron chi connectivity index (χ4n) is 3.52. The van der Waals surface area contributed by atoms with E-state index in [0.29, 0.717) is 5.69 Å². The van der Waals surface area contributed by atoms with E-state index in [1.807, 2.05) is 36.6 Å². The quantitative estimate of drug-likeness (QED) is 0.344. The molecule has 31 heavy (non-hydrogen) atoms. The number of aryl methyl sites for hydroxylation is 1. The van der Waals surface area contributed by atoms with Gasteiger partial charge in [-0.2, -0.15) is 0 Å². The van der Waals surface area contributed by atoms with Crippen molar-refractivity contribution in [3.63, 3.8) is 0 Å². The highest BCUT2D eigenvalue weighted by Gasteiger charge is 2.36. The van der Waals surface area contributed by atoms with Crippen LogP contribution < -0.4 is 10.2 Å². The van der Waals surface area contributed by atoms with Crippen LogP contribution in [0.2, 0.25) is 10.0 Å². The normalized spacial score (nSPS) is 15.5. The molecule has 0 saturated carbocycles. The lowest BCUT2D eigenvalue weighted by atomic mass is 10.1. The predicted octanol–water partition coefficient (Wildman–Crippen LogP) is 4.63. The van der Waals surface area contributed by atoms with Crippen molar-refractivity contribution in [2.45, 2.75) is 13.8 Å². The molecule has 0 radical (unpaired) electrons. The zero-order chi connectivity index (χ0) is 22.3. The minimum atomic E-state index is -0.577. The van der Waals surface area contributed by atoms with Crippen LogP contribution in [0.5, 0.6) is 0 Å². The van der Waals surface area contributed by atoms with Gasteiger partial charge in [0, 0.05) is 29.5 Å². The molecule has 1 aliphatic heterocycles. The molecule has 9 heteroatoms. The van der Waals surface area contributed by atoms with Crippen molar-refractivity contribution < 1.29 is 9.59 Å². The Morgan fingerprint density at radius 3 is 2.52 bits per heavy atom. The van der Waals surface area contributed by atoms with Crippen molar-refractivity contribution >= 4 is 64.1 Å². The molecule has 0 bridgehead atoms. The molecule has 3 aromatic rings. The Morgan fingerprint density at radius 2 is 1.81 bits per heavy atom. The number of hydrogen-bond donors (Lipinski definition) is 1. The van der Waals surface area contributed by atoms with E-state index in [1.165, 1.54) is 4.90 Å². The van der Waals surface area contributed by atoms with Gasteiger partial charge in [0.2, 0.25) is 0 Å². The predicted molar refractivity (Wildman–Crippen MR) is 126 cm³/mol. The minimum Gasteiger partial charge on any atom is -0.318 e. The van der Waals surface area contributed by atoms with Crippen molar-refractivity contribution in [3.8, 4) is 5.69 Å². The molecule has 2 aromatic heterocycles. The third kappa shape index (κ3) is 3.76. The molecule has 6 nitrogen and oxygen atoms in total. The van der Waals surface area contributed by atoms with Crippen LogP contribution >= 0.6 is 35.4 Å². The smallest absolute Gasteiger partial charge is 0.270 e. The molecule has 3 heterocycles. The van der Waals surface area contributed by atoms with Gasteiger partial charge < -0.3 is 4.57 Å². The number of pyridine rings is 1. The monoisotopic (exact) mass is 470 g/mol. The average molecular weight is 471 g/mol. The second-order valence-corrected chi connectivity index (χ2v) is 8.07. The van der Waals surface area contributed by atoms with Gasteiger partial charge in [-0.15, -0.1) is 0 Å². The summed E-state index contributed by atoms with van der Waals surface area (Å²) in [6.45, 7) is 3.87. The number of aromatic nitrogens is 2. The van der Waals surface area contributed by atoms with Crippen molar-refractivity contribution in [1.29, 1.82) is 0 Å². The highest BCUT2D eigenvalue weighted by atomic mass is 35.5. The fourth-order valence-corrected chi connectivity index (χ4v) is 4.18. The Morgan fingerprint density at radius 1 is 1.10 bits per heavy atom. The van der Waals surface area contributed by atoms with Crippen LogP contribution in [-0.2, 0) is 9.59 Å². The number of hydrogen-bond acceptors (Lipinski definition) is 4. The zero-order valence-corrected chi connectivity index (χ0v) is 18.8. The van der Waals surface area contributed by atoms with E-state index in [0.717, 1.165) is 22.6 Å². The van der Waals surface area contributed by atoms with E-state index in [4.69, 9.17) is 35.4 Å². The van der Waals surface area contributed by atoms with Crippen LogP contribution in [0.4, 0.5) is 5.69 Å². The zero-order valence-electron chi connectivity index (χ0n) is 16.5. The lowest BCUT2D eigenvalue weighted by Crippen LogP contribution is -2.54. The summed E-state index contributed by atoms with van der Waals surface area (Å²) in [6, 6.07) is 10.6. The standard InChI is InChI=1S/C22H16Cl2N4O2S/c1-12-10-14(13(2)27(12)15-6-8-25-9-7-15)11-16-20(29)26-22(31)28(21(16)30)18-5-3-4-17(23)19(18)24/h3-11H,1-2H3,(H,26,29,31)/b16-11+. The molecule has 4 rings (SSSR count). The first-order valence-corrected chi connectivity index (χ1v) is 10.4. The number of rotatable bonds is 3. The first kappa shape index (κ1) is 21.2. The highest BCUT2D eigenvalue weighted by Crippen LogP contribution is 2.34. The summed E-state index contributed by atoms with van der Waals surface area (Å²) in [5.41, 5.74) is 3.74. The molecule has 0 atom stereocenters. The number of amides is 2. The largest absolute Gasteiger partial charge is 0.318 e. The van der Waals surface area contributed by atoms with Gasteiger partial charge in [-0.25, -0.2) is 0 Å². The summed E-state index contributed by atoms with van der Waals surface area (Å²) < 4.78 is 2.02. The van der Waals surface area contributed by atoms with Gasteiger partial charge in [0.25, 0.3) is 11.8 Å². The van der Waals surface area contributed by atoms with E-state index in [-0.39, 0.29) is 20.7 Å². The van der Waals surface area contributed by atoms with E-state index in [9.17, 15) is 9.59 Å². The lowest BCUT2D eigenvalue weighted by Gasteiger charge is -2.29. The number of halogens is 2. The van der Waals surface area contributed by atoms with Crippen LogP contribution in [-0.4, -0.2) is 26.5 Å². The van der Waals surface area contributed by atoms with E-state index >= 15 is 0 Å². The van der Waals surface area contributed by atoms with E-state index in [2.05, 4.69) is 10.3 Å². The van der Waals surface area contributed by atoms with Gasteiger partial charge >= 0.3 is 0 Å². The number of benzene rings is 1. The Balaban J connectivity index is 1.79. The summed E-state index contributed by atoms with van der Waals surface area (Å²) in [7, 11) is 0. The maximum atomic E-state index is 13.3. The Bertz CT molecular complexity index is 1270. The molecule has 156 valence electrons. The van der Waals surface area contributed by atoms with Gasteiger partial charge in [0.15, 0.2) is 5.11 Å². The fraction of sp³-hybridized carbons (Fsp3) is 0.0909. The molecule has 1 fully saturated rings. The van der Waals surface area contributed by atoms with Crippen LogP contribution in [0.3, 0.4) is 0 Å².